The minimum atomic E-state index is 0.667. The fraction of sp³-hybridized carbons (Fsp3) is 1.00. The van der Waals surface area contributed by atoms with Crippen LogP contribution in [0.2, 0.25) is 0 Å². The normalized spacial score (nSPS) is 38.4. The van der Waals surface area contributed by atoms with Crippen LogP contribution in [0.5, 0.6) is 0 Å². The Balaban J connectivity index is 2.02. The maximum atomic E-state index is 5.35. The summed E-state index contributed by atoms with van der Waals surface area (Å²) in [5, 5.41) is 0. The Bertz CT molecular complexity index is 195. The van der Waals surface area contributed by atoms with Crippen molar-refractivity contribution in [1.82, 2.24) is 4.90 Å². The lowest BCUT2D eigenvalue weighted by molar-refractivity contribution is 0.0720. The molecule has 0 radical (unpaired) electrons. The summed E-state index contributed by atoms with van der Waals surface area (Å²) in [7, 11) is 4.11. The van der Waals surface area contributed by atoms with E-state index < -0.39 is 0 Å². The van der Waals surface area contributed by atoms with Gasteiger partial charge in [-0.15, -0.1) is 0 Å². The molecule has 15 heavy (non-hydrogen) atoms. The molecule has 1 saturated heterocycles. The summed E-state index contributed by atoms with van der Waals surface area (Å²) >= 11 is 0. The van der Waals surface area contributed by atoms with Crippen LogP contribution in [0.25, 0.3) is 0 Å². The molecular weight excluding hydrogens is 186 g/mol. The molecule has 0 aromatic rings. The first-order chi connectivity index (χ1) is 7.29. The first kappa shape index (κ1) is 11.4. The minimum absolute atomic E-state index is 0.667. The van der Waals surface area contributed by atoms with Gasteiger partial charge in [-0.3, -0.25) is 0 Å². The van der Waals surface area contributed by atoms with Gasteiger partial charge in [-0.2, -0.15) is 0 Å². The molecule has 2 nitrogen and oxygen atoms in total. The van der Waals surface area contributed by atoms with Gasteiger partial charge in [0, 0.05) is 19.7 Å². The van der Waals surface area contributed by atoms with Crippen molar-refractivity contribution in [2.24, 2.45) is 11.8 Å². The van der Waals surface area contributed by atoms with Crippen LogP contribution >= 0.6 is 0 Å². The van der Waals surface area contributed by atoms with Crippen LogP contribution in [-0.4, -0.2) is 38.3 Å². The van der Waals surface area contributed by atoms with Gasteiger partial charge >= 0.3 is 0 Å². The highest BCUT2D eigenvalue weighted by Gasteiger charge is 2.28. The summed E-state index contributed by atoms with van der Waals surface area (Å²) < 4.78 is 5.35. The second kappa shape index (κ2) is 5.31. The quantitative estimate of drug-likeness (QED) is 0.696. The van der Waals surface area contributed by atoms with E-state index in [1.807, 2.05) is 7.11 Å². The van der Waals surface area contributed by atoms with E-state index in [9.17, 15) is 0 Å². The number of hydrogen-bond acceptors (Lipinski definition) is 2. The third-order valence-corrected chi connectivity index (χ3v) is 4.34. The predicted octanol–water partition coefficient (Wildman–Crippen LogP) is 2.53. The molecule has 88 valence electrons. The molecule has 2 bridgehead atoms. The van der Waals surface area contributed by atoms with Crippen LogP contribution in [0.1, 0.15) is 38.5 Å². The molecule has 1 aliphatic carbocycles. The van der Waals surface area contributed by atoms with E-state index in [4.69, 9.17) is 4.74 Å². The van der Waals surface area contributed by atoms with Gasteiger partial charge in [0.25, 0.3) is 0 Å². The molecule has 3 unspecified atom stereocenters. The number of fused-ring (bicyclic) bond motifs is 3. The number of likely N-dealkylation sites (N-methyl/N-ethyl adjacent to an activating group) is 1. The number of nitrogens with zero attached hydrogens (tertiary/aromatic N) is 1. The van der Waals surface area contributed by atoms with Crippen LogP contribution in [0, 0.1) is 11.8 Å². The molecule has 2 heteroatoms. The van der Waals surface area contributed by atoms with Gasteiger partial charge in [0.05, 0.1) is 6.61 Å². The van der Waals surface area contributed by atoms with Crippen LogP contribution in [0.15, 0.2) is 0 Å². The summed E-state index contributed by atoms with van der Waals surface area (Å²) in [6.07, 6.45) is 8.68. The Kier molecular flexibility index (Phi) is 4.04. The van der Waals surface area contributed by atoms with Crippen LogP contribution < -0.4 is 0 Å². The van der Waals surface area contributed by atoms with E-state index in [1.165, 1.54) is 45.1 Å². The van der Waals surface area contributed by atoms with Crippen LogP contribution in [-0.2, 0) is 4.74 Å². The average molecular weight is 211 g/mol. The summed E-state index contributed by atoms with van der Waals surface area (Å²) in [4.78, 5) is 2.55. The van der Waals surface area contributed by atoms with Crippen molar-refractivity contribution in [3.05, 3.63) is 0 Å². The smallest absolute Gasteiger partial charge is 0.0618 e. The lowest BCUT2D eigenvalue weighted by Crippen LogP contribution is -2.40. The van der Waals surface area contributed by atoms with Crippen molar-refractivity contribution in [2.75, 3.05) is 27.3 Å². The first-order valence-corrected chi connectivity index (χ1v) is 6.48. The van der Waals surface area contributed by atoms with Crippen LogP contribution in [0.3, 0.4) is 0 Å². The number of hydrogen-bond donors (Lipinski definition) is 0. The van der Waals surface area contributed by atoms with Gasteiger partial charge in [-0.25, -0.2) is 0 Å². The Morgan fingerprint density at radius 1 is 1.13 bits per heavy atom. The molecule has 1 aliphatic heterocycles. The van der Waals surface area contributed by atoms with Crippen molar-refractivity contribution < 1.29 is 4.74 Å². The third kappa shape index (κ3) is 2.94. The maximum Gasteiger partial charge on any atom is 0.0618 e. The molecule has 2 aliphatic rings. The lowest BCUT2D eigenvalue weighted by Gasteiger charge is -2.34. The maximum absolute atomic E-state index is 5.35. The molecule has 0 aromatic heterocycles. The summed E-state index contributed by atoms with van der Waals surface area (Å²) in [5.41, 5.74) is 0. The Labute approximate surface area is 94.0 Å². The van der Waals surface area contributed by atoms with Gasteiger partial charge in [-0.05, 0) is 38.1 Å². The van der Waals surface area contributed by atoms with E-state index in [2.05, 4.69) is 11.9 Å². The fourth-order valence-corrected chi connectivity index (χ4v) is 3.38. The molecule has 2 fully saturated rings. The highest BCUT2D eigenvalue weighted by molar-refractivity contribution is 4.82. The average Bonchev–Trinajstić information content (AvgIpc) is 2.38. The van der Waals surface area contributed by atoms with E-state index in [1.54, 1.807) is 0 Å². The SMILES string of the molecule is COCC1CC2CCCC(CC2)CN1C. The highest BCUT2D eigenvalue weighted by Crippen LogP contribution is 2.34. The Morgan fingerprint density at radius 2 is 1.87 bits per heavy atom. The topological polar surface area (TPSA) is 12.5 Å². The zero-order chi connectivity index (χ0) is 10.7. The van der Waals surface area contributed by atoms with E-state index in [0.29, 0.717) is 6.04 Å². The zero-order valence-corrected chi connectivity index (χ0v) is 10.2. The molecule has 3 atom stereocenters. The molecule has 0 aromatic carbocycles. The number of methoxy groups -OCH3 is 1. The van der Waals surface area contributed by atoms with Crippen molar-refractivity contribution in [3.8, 4) is 0 Å². The van der Waals surface area contributed by atoms with Crippen molar-refractivity contribution in [1.29, 1.82) is 0 Å². The number of likely N-dealkylation sites (tertiary alicyclic amines) is 1. The van der Waals surface area contributed by atoms with Gasteiger partial charge in [0.2, 0.25) is 0 Å². The first-order valence-electron chi connectivity index (χ1n) is 6.48. The second-order valence-corrected chi connectivity index (χ2v) is 5.52. The van der Waals surface area contributed by atoms with E-state index >= 15 is 0 Å². The summed E-state index contributed by atoms with van der Waals surface area (Å²) in [6.45, 7) is 2.21. The molecule has 0 amide bonds. The number of ether oxygens (including phenoxy) is 1. The molecule has 1 heterocycles. The molecular formula is C13H25NO. The van der Waals surface area contributed by atoms with Gasteiger partial charge in [-0.1, -0.05) is 19.3 Å². The Morgan fingerprint density at radius 3 is 2.67 bits per heavy atom. The Hall–Kier alpha value is -0.0800. The molecule has 0 N–H and O–H groups in total. The standard InChI is InChI=1S/C13H25NO/c1-14-9-12-5-3-4-11(6-7-12)8-13(14)10-15-2/h11-13H,3-10H2,1-2H3. The van der Waals surface area contributed by atoms with Gasteiger partial charge in [0.1, 0.15) is 0 Å². The lowest BCUT2D eigenvalue weighted by atomic mass is 9.89. The van der Waals surface area contributed by atoms with Crippen LogP contribution in [0.4, 0.5) is 0 Å². The van der Waals surface area contributed by atoms with Gasteiger partial charge in [0.15, 0.2) is 0 Å². The second-order valence-electron chi connectivity index (χ2n) is 5.52. The van der Waals surface area contributed by atoms with Crippen molar-refractivity contribution in [3.63, 3.8) is 0 Å². The van der Waals surface area contributed by atoms with Crippen molar-refractivity contribution >= 4 is 0 Å². The minimum Gasteiger partial charge on any atom is -0.383 e. The highest BCUT2D eigenvalue weighted by atomic mass is 16.5. The van der Waals surface area contributed by atoms with Crippen molar-refractivity contribution in [2.45, 2.75) is 44.6 Å². The monoisotopic (exact) mass is 211 g/mol. The van der Waals surface area contributed by atoms with Gasteiger partial charge < -0.3 is 9.64 Å². The summed E-state index contributed by atoms with van der Waals surface area (Å²) in [6, 6.07) is 0.667. The molecule has 1 saturated carbocycles. The third-order valence-electron chi connectivity index (χ3n) is 4.34. The predicted molar refractivity (Wildman–Crippen MR) is 63.0 cm³/mol. The molecule has 2 rings (SSSR count). The van der Waals surface area contributed by atoms with E-state index in [-0.39, 0.29) is 0 Å². The summed E-state index contributed by atoms with van der Waals surface area (Å²) in [5.74, 6) is 1.93. The largest absolute Gasteiger partial charge is 0.383 e. The zero-order valence-electron chi connectivity index (χ0n) is 10.2. The van der Waals surface area contributed by atoms with E-state index in [0.717, 1.165) is 18.4 Å². The number of rotatable bonds is 2. The molecule has 0 spiro atoms. The fourth-order valence-electron chi connectivity index (χ4n) is 3.38.